The highest BCUT2D eigenvalue weighted by atomic mass is 35.5. The van der Waals surface area contributed by atoms with Crippen molar-refractivity contribution >= 4 is 38.8 Å². The molecule has 0 unspecified atom stereocenters. The monoisotopic (exact) mass is 391 g/mol. The van der Waals surface area contributed by atoms with Gasteiger partial charge in [-0.15, -0.1) is 0 Å². The molecular weight excluding hydrogens is 374 g/mol. The number of carbonyl (C=O) groups excluding carboxylic acids is 2. The highest BCUT2D eigenvalue weighted by Gasteiger charge is 2.29. The zero-order valence-corrected chi connectivity index (χ0v) is 15.5. The van der Waals surface area contributed by atoms with Gasteiger partial charge >= 0.3 is 0 Å². The maximum atomic E-state index is 12.7. The van der Waals surface area contributed by atoms with E-state index in [9.17, 15) is 18.0 Å². The van der Waals surface area contributed by atoms with Gasteiger partial charge < -0.3 is 5.32 Å². The summed E-state index contributed by atoms with van der Waals surface area (Å²) in [6.07, 6.45) is 0.604. The molecule has 3 rings (SSSR count). The van der Waals surface area contributed by atoms with Crippen molar-refractivity contribution in [2.45, 2.75) is 12.8 Å². The third kappa shape index (κ3) is 4.51. The molecule has 136 valence electrons. The second-order valence-electron chi connectivity index (χ2n) is 6.41. The molecule has 0 radical (unpaired) electrons. The molecule has 1 fully saturated rings. The largest absolute Gasteiger partial charge is 0.325 e. The molecule has 0 spiro atoms. The predicted octanol–water partition coefficient (Wildman–Crippen LogP) is 3.33. The summed E-state index contributed by atoms with van der Waals surface area (Å²) in [6, 6.07) is 13.4. The Kier molecular flexibility index (Phi) is 5.44. The maximum absolute atomic E-state index is 12.7. The fourth-order valence-electron chi connectivity index (χ4n) is 3.05. The molecule has 1 aliphatic heterocycles. The fraction of sp³-hybridized carbons (Fsp3) is 0.263. The number of hydrogen-bond acceptors (Lipinski definition) is 4. The first-order chi connectivity index (χ1) is 12.3. The molecule has 26 heavy (non-hydrogen) atoms. The van der Waals surface area contributed by atoms with Gasteiger partial charge in [-0.1, -0.05) is 41.9 Å². The van der Waals surface area contributed by atoms with Gasteiger partial charge in [0.05, 0.1) is 17.2 Å². The molecule has 2 aromatic carbocycles. The number of anilines is 1. The number of nitrogens with one attached hydrogen (secondary N) is 1. The summed E-state index contributed by atoms with van der Waals surface area (Å²) in [6.45, 7) is 0. The first-order valence-electron chi connectivity index (χ1n) is 8.23. The molecular formula is C19H18ClNO4S. The van der Waals surface area contributed by atoms with Crippen molar-refractivity contribution in [1.82, 2.24) is 0 Å². The fourth-order valence-corrected chi connectivity index (χ4v) is 5.09. The highest BCUT2D eigenvalue weighted by Crippen LogP contribution is 2.26. The Morgan fingerprint density at radius 2 is 1.85 bits per heavy atom. The van der Waals surface area contributed by atoms with Crippen LogP contribution in [0, 0.1) is 5.92 Å². The summed E-state index contributed by atoms with van der Waals surface area (Å²) in [5, 5.41) is 3.12. The van der Waals surface area contributed by atoms with Crippen LogP contribution in [0.15, 0.2) is 48.5 Å². The van der Waals surface area contributed by atoms with E-state index in [0.717, 1.165) is 0 Å². The van der Waals surface area contributed by atoms with Gasteiger partial charge in [0.15, 0.2) is 15.6 Å². The van der Waals surface area contributed by atoms with Crippen LogP contribution in [0.1, 0.15) is 28.8 Å². The van der Waals surface area contributed by atoms with Crippen LogP contribution in [0.4, 0.5) is 5.69 Å². The van der Waals surface area contributed by atoms with Crippen LogP contribution in [0.25, 0.3) is 0 Å². The smallest absolute Gasteiger partial charge is 0.224 e. The highest BCUT2D eigenvalue weighted by molar-refractivity contribution is 7.91. The average Bonchev–Trinajstić information content (AvgIpc) is 2.95. The lowest BCUT2D eigenvalue weighted by Gasteiger charge is -2.13. The van der Waals surface area contributed by atoms with Crippen molar-refractivity contribution < 1.29 is 18.0 Å². The standard InChI is InChI=1S/C19H18ClNO4S/c20-15-6-7-17(16(11-15)19(23)14-4-2-1-3-5-14)21-18(22)10-13-8-9-26(24,25)12-13/h1-7,11,13H,8-10,12H2,(H,21,22)/t13-/m1/s1. The number of sulfone groups is 1. The predicted molar refractivity (Wildman–Crippen MR) is 101 cm³/mol. The minimum absolute atomic E-state index is 0.0385. The summed E-state index contributed by atoms with van der Waals surface area (Å²) in [7, 11) is -3.03. The van der Waals surface area contributed by atoms with Crippen molar-refractivity contribution in [3.63, 3.8) is 0 Å². The first-order valence-corrected chi connectivity index (χ1v) is 10.4. The number of benzene rings is 2. The van der Waals surface area contributed by atoms with Crippen LogP contribution in [0.5, 0.6) is 0 Å². The number of amides is 1. The molecule has 1 saturated heterocycles. The van der Waals surface area contributed by atoms with Crippen LogP contribution < -0.4 is 5.32 Å². The first kappa shape index (κ1) is 18.6. The lowest BCUT2D eigenvalue weighted by atomic mass is 10.0. The molecule has 2 aromatic rings. The van der Waals surface area contributed by atoms with E-state index in [0.29, 0.717) is 28.3 Å². The van der Waals surface area contributed by atoms with E-state index in [4.69, 9.17) is 11.6 Å². The van der Waals surface area contributed by atoms with Crippen LogP contribution >= 0.6 is 11.6 Å². The lowest BCUT2D eigenvalue weighted by molar-refractivity contribution is -0.116. The number of halogens is 1. The van der Waals surface area contributed by atoms with Crippen molar-refractivity contribution in [2.24, 2.45) is 5.92 Å². The quantitative estimate of drug-likeness (QED) is 0.792. The van der Waals surface area contributed by atoms with Gasteiger partial charge in [-0.3, -0.25) is 9.59 Å². The number of rotatable bonds is 5. The van der Waals surface area contributed by atoms with Crippen molar-refractivity contribution in [1.29, 1.82) is 0 Å². The van der Waals surface area contributed by atoms with Crippen molar-refractivity contribution in [2.75, 3.05) is 16.8 Å². The van der Waals surface area contributed by atoms with E-state index in [1.54, 1.807) is 36.4 Å². The maximum Gasteiger partial charge on any atom is 0.224 e. The molecule has 1 aliphatic rings. The van der Waals surface area contributed by atoms with E-state index in [-0.39, 0.29) is 35.5 Å². The van der Waals surface area contributed by atoms with E-state index in [2.05, 4.69) is 5.32 Å². The molecule has 1 N–H and O–H groups in total. The minimum Gasteiger partial charge on any atom is -0.325 e. The molecule has 1 heterocycles. The van der Waals surface area contributed by atoms with Gasteiger partial charge in [0.25, 0.3) is 0 Å². The third-order valence-corrected chi connectivity index (χ3v) is 6.41. The Morgan fingerprint density at radius 3 is 2.50 bits per heavy atom. The number of ketones is 1. The van der Waals surface area contributed by atoms with E-state index >= 15 is 0 Å². The molecule has 7 heteroatoms. The van der Waals surface area contributed by atoms with Crippen molar-refractivity contribution in [3.8, 4) is 0 Å². The van der Waals surface area contributed by atoms with Gasteiger partial charge in [-0.2, -0.15) is 0 Å². The topological polar surface area (TPSA) is 80.3 Å². The van der Waals surface area contributed by atoms with Crippen LogP contribution in [0.2, 0.25) is 5.02 Å². The zero-order chi connectivity index (χ0) is 18.7. The summed E-state index contributed by atoms with van der Waals surface area (Å²) in [5.74, 6) is -0.565. The molecule has 0 bridgehead atoms. The molecule has 1 amide bonds. The minimum atomic E-state index is -3.03. The van der Waals surface area contributed by atoms with Gasteiger partial charge in [-0.05, 0) is 30.5 Å². The van der Waals surface area contributed by atoms with Crippen LogP contribution in [-0.2, 0) is 14.6 Å². The Bertz CT molecular complexity index is 941. The Morgan fingerprint density at radius 1 is 1.12 bits per heavy atom. The van der Waals surface area contributed by atoms with Gasteiger partial charge in [0.1, 0.15) is 0 Å². The molecule has 5 nitrogen and oxygen atoms in total. The molecule has 0 saturated carbocycles. The van der Waals surface area contributed by atoms with Gasteiger partial charge in [0, 0.05) is 22.6 Å². The molecule has 1 atom stereocenters. The van der Waals surface area contributed by atoms with E-state index < -0.39 is 9.84 Å². The summed E-state index contributed by atoms with van der Waals surface area (Å²) >= 11 is 6.02. The summed E-state index contributed by atoms with van der Waals surface area (Å²) in [5.41, 5.74) is 1.16. The van der Waals surface area contributed by atoms with Crippen molar-refractivity contribution in [3.05, 3.63) is 64.7 Å². The Balaban J connectivity index is 1.78. The zero-order valence-electron chi connectivity index (χ0n) is 13.9. The second kappa shape index (κ2) is 7.60. The summed E-state index contributed by atoms with van der Waals surface area (Å²) in [4.78, 5) is 25.1. The Hall–Kier alpha value is -2.18. The SMILES string of the molecule is O=C(C[C@H]1CCS(=O)(=O)C1)Nc1ccc(Cl)cc1C(=O)c1ccccc1. The summed E-state index contributed by atoms with van der Waals surface area (Å²) < 4.78 is 23.1. The lowest BCUT2D eigenvalue weighted by Crippen LogP contribution is -2.19. The van der Waals surface area contributed by atoms with E-state index in [1.165, 1.54) is 6.07 Å². The second-order valence-corrected chi connectivity index (χ2v) is 9.07. The van der Waals surface area contributed by atoms with Crippen LogP contribution in [-0.4, -0.2) is 31.6 Å². The number of hydrogen-bond donors (Lipinski definition) is 1. The molecule has 0 aliphatic carbocycles. The van der Waals surface area contributed by atoms with Gasteiger partial charge in [0.2, 0.25) is 5.91 Å². The normalized spacial score (nSPS) is 18.4. The average molecular weight is 392 g/mol. The Labute approximate surface area is 157 Å². The van der Waals surface area contributed by atoms with E-state index in [1.807, 2.05) is 6.07 Å². The molecule has 0 aromatic heterocycles. The van der Waals surface area contributed by atoms with Crippen LogP contribution in [0.3, 0.4) is 0 Å². The number of carbonyl (C=O) groups is 2. The third-order valence-electron chi connectivity index (χ3n) is 4.34. The van der Waals surface area contributed by atoms with Gasteiger partial charge in [-0.25, -0.2) is 8.42 Å².